The van der Waals surface area contributed by atoms with E-state index in [0.29, 0.717) is 5.69 Å². The van der Waals surface area contributed by atoms with Gasteiger partial charge in [-0.25, -0.2) is 4.98 Å². The van der Waals surface area contributed by atoms with Crippen LogP contribution >= 0.6 is 27.5 Å². The molecule has 0 fully saturated rings. The van der Waals surface area contributed by atoms with Gasteiger partial charge in [-0.1, -0.05) is 11.6 Å². The Kier molecular flexibility index (Phi) is 3.84. The van der Waals surface area contributed by atoms with E-state index in [1.807, 2.05) is 0 Å². The summed E-state index contributed by atoms with van der Waals surface area (Å²) in [5, 5.41) is 12.3. The van der Waals surface area contributed by atoms with E-state index in [2.05, 4.69) is 26.2 Å². The summed E-state index contributed by atoms with van der Waals surface area (Å²) in [6, 6.07) is 7.79. The second-order valence-electron chi connectivity index (χ2n) is 3.48. The number of halogens is 2. The minimum absolute atomic E-state index is 0.0850. The molecule has 0 aliphatic carbocycles. The Labute approximate surface area is 117 Å². The molecule has 0 aliphatic heterocycles. The number of phenols is 1. The van der Waals surface area contributed by atoms with E-state index in [9.17, 15) is 9.90 Å². The maximum absolute atomic E-state index is 11.8. The minimum Gasteiger partial charge on any atom is -0.506 e. The molecule has 0 unspecified atom stereocenters. The fourth-order valence-electron chi connectivity index (χ4n) is 1.30. The van der Waals surface area contributed by atoms with E-state index < -0.39 is 0 Å². The van der Waals surface area contributed by atoms with Gasteiger partial charge in [-0.15, -0.1) is 0 Å². The molecule has 1 amide bonds. The summed E-state index contributed by atoms with van der Waals surface area (Å²) in [7, 11) is 0. The predicted octanol–water partition coefficient (Wildman–Crippen LogP) is 3.46. The zero-order valence-electron chi connectivity index (χ0n) is 9.02. The average Bonchev–Trinajstić information content (AvgIpc) is 2.34. The van der Waals surface area contributed by atoms with Crippen molar-refractivity contribution in [2.24, 2.45) is 0 Å². The third-order valence-electron chi connectivity index (χ3n) is 2.16. The Morgan fingerprint density at radius 1 is 1.33 bits per heavy atom. The number of carbonyl (C=O) groups excluding carboxylic acids is 1. The molecule has 0 bridgehead atoms. The molecule has 0 atom stereocenters. The number of amides is 1. The Morgan fingerprint density at radius 2 is 2.11 bits per heavy atom. The average molecular weight is 328 g/mol. The van der Waals surface area contributed by atoms with Crippen LogP contribution < -0.4 is 5.32 Å². The van der Waals surface area contributed by atoms with E-state index in [1.54, 1.807) is 18.2 Å². The molecule has 6 heteroatoms. The van der Waals surface area contributed by atoms with Crippen LogP contribution in [0, 0.1) is 0 Å². The summed E-state index contributed by atoms with van der Waals surface area (Å²) >= 11 is 8.91. The first-order valence-corrected chi connectivity index (χ1v) is 6.15. The van der Waals surface area contributed by atoms with Crippen LogP contribution in [0.25, 0.3) is 0 Å². The molecule has 92 valence electrons. The van der Waals surface area contributed by atoms with E-state index in [1.165, 1.54) is 18.3 Å². The van der Waals surface area contributed by atoms with Crippen LogP contribution in [-0.4, -0.2) is 16.0 Å². The molecule has 0 saturated carbocycles. The lowest BCUT2D eigenvalue weighted by molar-refractivity contribution is 0.102. The number of benzene rings is 1. The van der Waals surface area contributed by atoms with Crippen molar-refractivity contribution in [1.82, 2.24) is 4.98 Å². The number of pyridine rings is 1. The number of aromatic nitrogens is 1. The van der Waals surface area contributed by atoms with Crippen molar-refractivity contribution in [2.75, 3.05) is 5.32 Å². The van der Waals surface area contributed by atoms with Gasteiger partial charge in [0.2, 0.25) is 0 Å². The standard InChI is InChI=1S/C12H8BrClN2O2/c13-7-1-4-10(15-6-7)12(18)16-8-2-3-9(14)11(17)5-8/h1-6,17H,(H,16,18). The second kappa shape index (κ2) is 5.37. The fourth-order valence-corrected chi connectivity index (χ4v) is 1.65. The van der Waals surface area contributed by atoms with Gasteiger partial charge in [0.15, 0.2) is 0 Å². The first-order chi connectivity index (χ1) is 8.56. The van der Waals surface area contributed by atoms with Gasteiger partial charge in [0.1, 0.15) is 11.4 Å². The molecular weight excluding hydrogens is 320 g/mol. The second-order valence-corrected chi connectivity index (χ2v) is 4.80. The molecule has 1 aromatic carbocycles. The van der Waals surface area contributed by atoms with Crippen LogP contribution in [0.4, 0.5) is 5.69 Å². The Bertz CT molecular complexity index is 587. The molecule has 2 N–H and O–H groups in total. The monoisotopic (exact) mass is 326 g/mol. The Hall–Kier alpha value is -1.59. The first-order valence-electron chi connectivity index (χ1n) is 4.97. The SMILES string of the molecule is O=C(Nc1ccc(Cl)c(O)c1)c1ccc(Br)cn1. The lowest BCUT2D eigenvalue weighted by Crippen LogP contribution is -2.13. The summed E-state index contributed by atoms with van der Waals surface area (Å²) in [6.07, 6.45) is 1.54. The molecule has 0 spiro atoms. The van der Waals surface area contributed by atoms with Crippen LogP contribution in [-0.2, 0) is 0 Å². The van der Waals surface area contributed by atoms with E-state index in [0.717, 1.165) is 4.47 Å². The summed E-state index contributed by atoms with van der Waals surface area (Å²) in [6.45, 7) is 0. The van der Waals surface area contributed by atoms with Crippen LogP contribution in [0.3, 0.4) is 0 Å². The number of aromatic hydroxyl groups is 1. The number of hydrogen-bond donors (Lipinski definition) is 2. The molecular formula is C12H8BrClN2O2. The van der Waals surface area contributed by atoms with Crippen molar-refractivity contribution < 1.29 is 9.90 Å². The summed E-state index contributed by atoms with van der Waals surface area (Å²) in [5.74, 6) is -0.442. The number of nitrogens with one attached hydrogen (secondary N) is 1. The smallest absolute Gasteiger partial charge is 0.274 e. The Morgan fingerprint density at radius 3 is 2.72 bits per heavy atom. The van der Waals surface area contributed by atoms with Crippen LogP contribution in [0.15, 0.2) is 41.0 Å². The van der Waals surface area contributed by atoms with Crippen LogP contribution in [0.2, 0.25) is 5.02 Å². The van der Waals surface area contributed by atoms with Crippen molar-refractivity contribution in [1.29, 1.82) is 0 Å². The van der Waals surface area contributed by atoms with Crippen LogP contribution in [0.1, 0.15) is 10.5 Å². The van der Waals surface area contributed by atoms with Gasteiger partial charge in [-0.2, -0.15) is 0 Å². The summed E-state index contributed by atoms with van der Waals surface area (Å²) in [5.41, 5.74) is 0.735. The highest BCUT2D eigenvalue weighted by atomic mass is 79.9. The van der Waals surface area contributed by atoms with Gasteiger partial charge < -0.3 is 10.4 Å². The molecule has 2 aromatic rings. The molecule has 2 rings (SSSR count). The van der Waals surface area contributed by atoms with Gasteiger partial charge >= 0.3 is 0 Å². The number of nitrogens with zero attached hydrogens (tertiary/aromatic N) is 1. The van der Waals surface area contributed by atoms with Crippen LogP contribution in [0.5, 0.6) is 5.75 Å². The quantitative estimate of drug-likeness (QED) is 0.888. The van der Waals surface area contributed by atoms with E-state index in [4.69, 9.17) is 11.6 Å². The van der Waals surface area contributed by atoms with E-state index in [-0.39, 0.29) is 22.4 Å². The minimum atomic E-state index is -0.357. The summed E-state index contributed by atoms with van der Waals surface area (Å²) in [4.78, 5) is 15.8. The number of carbonyl (C=O) groups is 1. The highest BCUT2D eigenvalue weighted by Crippen LogP contribution is 2.26. The molecule has 0 aliphatic rings. The number of anilines is 1. The lowest BCUT2D eigenvalue weighted by Gasteiger charge is -2.05. The van der Waals surface area contributed by atoms with Crippen molar-refractivity contribution in [2.45, 2.75) is 0 Å². The molecule has 1 heterocycles. The van der Waals surface area contributed by atoms with E-state index >= 15 is 0 Å². The van der Waals surface area contributed by atoms with Gasteiger partial charge in [0, 0.05) is 22.4 Å². The zero-order chi connectivity index (χ0) is 13.1. The zero-order valence-corrected chi connectivity index (χ0v) is 11.4. The molecule has 4 nitrogen and oxygen atoms in total. The normalized spacial score (nSPS) is 10.1. The van der Waals surface area contributed by atoms with Crippen molar-refractivity contribution in [3.8, 4) is 5.75 Å². The topological polar surface area (TPSA) is 62.2 Å². The van der Waals surface area contributed by atoms with Crippen molar-refractivity contribution in [3.05, 3.63) is 51.7 Å². The van der Waals surface area contributed by atoms with Gasteiger partial charge in [0.05, 0.1) is 5.02 Å². The largest absolute Gasteiger partial charge is 0.506 e. The Balaban J connectivity index is 2.16. The lowest BCUT2D eigenvalue weighted by atomic mass is 10.2. The molecule has 1 aromatic heterocycles. The first kappa shape index (κ1) is 12.9. The van der Waals surface area contributed by atoms with Gasteiger partial charge in [-0.3, -0.25) is 4.79 Å². The maximum Gasteiger partial charge on any atom is 0.274 e. The number of hydrogen-bond acceptors (Lipinski definition) is 3. The molecule has 0 radical (unpaired) electrons. The van der Waals surface area contributed by atoms with Crippen molar-refractivity contribution in [3.63, 3.8) is 0 Å². The van der Waals surface area contributed by atoms with Gasteiger partial charge in [0.25, 0.3) is 5.91 Å². The third-order valence-corrected chi connectivity index (χ3v) is 2.95. The fraction of sp³-hybridized carbons (Fsp3) is 0. The maximum atomic E-state index is 11.8. The van der Waals surface area contributed by atoms with Crippen molar-refractivity contribution >= 4 is 39.1 Å². The molecule has 18 heavy (non-hydrogen) atoms. The number of rotatable bonds is 2. The highest BCUT2D eigenvalue weighted by Gasteiger charge is 2.08. The molecule has 0 saturated heterocycles. The van der Waals surface area contributed by atoms with Gasteiger partial charge in [-0.05, 0) is 40.2 Å². The third kappa shape index (κ3) is 3.00. The predicted molar refractivity (Wildman–Crippen MR) is 73.0 cm³/mol. The highest BCUT2D eigenvalue weighted by molar-refractivity contribution is 9.10. The summed E-state index contributed by atoms with van der Waals surface area (Å²) < 4.78 is 0.795. The number of phenolic OH excluding ortho intramolecular Hbond substituents is 1.